The standard InChI is InChI=1S/C22H28NO2P/c1-26(2,24)17-16-23-14-12-22(13-15-23)20-11-7-6-10-19(20)21(25-22)18-8-4-3-5-9-18/h3-11,21H,12-17H2,1-2H3. The molecular formula is C22H28NO2P. The lowest BCUT2D eigenvalue weighted by atomic mass is 9.83. The zero-order valence-corrected chi connectivity index (χ0v) is 16.6. The van der Waals surface area contributed by atoms with Crippen LogP contribution in [0, 0.1) is 0 Å². The van der Waals surface area contributed by atoms with Crippen LogP contribution in [0.25, 0.3) is 0 Å². The van der Waals surface area contributed by atoms with E-state index < -0.39 is 7.14 Å². The van der Waals surface area contributed by atoms with E-state index in [1.807, 2.05) is 13.3 Å². The average molecular weight is 369 g/mol. The second kappa shape index (κ2) is 6.96. The summed E-state index contributed by atoms with van der Waals surface area (Å²) in [7, 11) is -1.94. The SMILES string of the molecule is CP(C)(=O)CCN1CCC2(CC1)OC(c1ccccc1)c1ccccc12. The van der Waals surface area contributed by atoms with Gasteiger partial charge in [0.1, 0.15) is 6.10 Å². The summed E-state index contributed by atoms with van der Waals surface area (Å²) in [4.78, 5) is 2.45. The lowest BCUT2D eigenvalue weighted by Gasteiger charge is -2.40. The van der Waals surface area contributed by atoms with Crippen LogP contribution < -0.4 is 0 Å². The lowest BCUT2D eigenvalue weighted by Crippen LogP contribution is -2.43. The van der Waals surface area contributed by atoms with E-state index in [1.165, 1.54) is 16.7 Å². The Hall–Kier alpha value is -1.41. The van der Waals surface area contributed by atoms with E-state index in [-0.39, 0.29) is 11.7 Å². The van der Waals surface area contributed by atoms with E-state index in [4.69, 9.17) is 4.74 Å². The highest BCUT2D eigenvalue weighted by Crippen LogP contribution is 2.51. The maximum Gasteiger partial charge on any atom is 0.109 e. The van der Waals surface area contributed by atoms with Crippen LogP contribution in [0.1, 0.15) is 35.6 Å². The molecule has 0 bridgehead atoms. The minimum atomic E-state index is -1.94. The van der Waals surface area contributed by atoms with Gasteiger partial charge in [-0.1, -0.05) is 54.6 Å². The van der Waals surface area contributed by atoms with Crippen LogP contribution in [0.5, 0.6) is 0 Å². The first-order chi connectivity index (χ1) is 12.5. The molecule has 1 spiro atoms. The number of benzene rings is 2. The van der Waals surface area contributed by atoms with Gasteiger partial charge in [0.15, 0.2) is 0 Å². The first-order valence-electron chi connectivity index (χ1n) is 9.55. The molecule has 0 radical (unpaired) electrons. The molecule has 138 valence electrons. The van der Waals surface area contributed by atoms with Gasteiger partial charge in [0.05, 0.1) is 12.7 Å². The average Bonchev–Trinajstić information content (AvgIpc) is 2.96. The lowest BCUT2D eigenvalue weighted by molar-refractivity contribution is -0.0961. The van der Waals surface area contributed by atoms with E-state index in [1.54, 1.807) is 0 Å². The second-order valence-electron chi connectivity index (χ2n) is 8.13. The first-order valence-corrected chi connectivity index (χ1v) is 12.3. The third-order valence-corrected chi connectivity index (χ3v) is 7.08. The van der Waals surface area contributed by atoms with Crippen LogP contribution in [0.15, 0.2) is 54.6 Å². The molecule has 2 aromatic rings. The smallest absolute Gasteiger partial charge is 0.109 e. The first kappa shape index (κ1) is 18.0. The van der Waals surface area contributed by atoms with E-state index in [9.17, 15) is 4.57 Å². The molecule has 1 saturated heterocycles. The molecule has 3 nitrogen and oxygen atoms in total. The van der Waals surface area contributed by atoms with Crippen molar-refractivity contribution in [2.24, 2.45) is 0 Å². The van der Waals surface area contributed by atoms with Crippen LogP contribution >= 0.6 is 7.14 Å². The highest BCUT2D eigenvalue weighted by Gasteiger charge is 2.46. The summed E-state index contributed by atoms with van der Waals surface area (Å²) in [5.74, 6) is 0. The predicted molar refractivity (Wildman–Crippen MR) is 107 cm³/mol. The number of nitrogens with zero attached hydrogens (tertiary/aromatic N) is 1. The number of ether oxygens (including phenoxy) is 1. The number of rotatable bonds is 4. The summed E-state index contributed by atoms with van der Waals surface area (Å²) < 4.78 is 18.8. The molecule has 2 heterocycles. The van der Waals surface area contributed by atoms with Gasteiger partial charge in [0.2, 0.25) is 0 Å². The van der Waals surface area contributed by atoms with Gasteiger partial charge >= 0.3 is 0 Å². The zero-order chi connectivity index (χ0) is 18.2. The summed E-state index contributed by atoms with van der Waals surface area (Å²) in [6.07, 6.45) is 2.85. The van der Waals surface area contributed by atoms with Crippen molar-refractivity contribution in [2.45, 2.75) is 24.5 Å². The minimum absolute atomic E-state index is 0.0328. The fraction of sp³-hybridized carbons (Fsp3) is 0.455. The van der Waals surface area contributed by atoms with Crippen molar-refractivity contribution in [1.82, 2.24) is 4.90 Å². The van der Waals surface area contributed by atoms with Gasteiger partial charge in [0, 0.05) is 25.8 Å². The molecule has 0 amide bonds. The van der Waals surface area contributed by atoms with E-state index in [0.717, 1.165) is 38.6 Å². The Morgan fingerprint density at radius 2 is 1.69 bits per heavy atom. The molecule has 26 heavy (non-hydrogen) atoms. The van der Waals surface area contributed by atoms with Crippen molar-refractivity contribution in [1.29, 1.82) is 0 Å². The molecule has 2 aliphatic heterocycles. The van der Waals surface area contributed by atoms with E-state index in [0.29, 0.717) is 0 Å². The Morgan fingerprint density at radius 3 is 2.38 bits per heavy atom. The van der Waals surface area contributed by atoms with Crippen LogP contribution in [-0.4, -0.2) is 44.0 Å². The van der Waals surface area contributed by atoms with Crippen molar-refractivity contribution >= 4 is 7.14 Å². The van der Waals surface area contributed by atoms with Crippen LogP contribution in [0.3, 0.4) is 0 Å². The van der Waals surface area contributed by atoms with Gasteiger partial charge in [0.25, 0.3) is 0 Å². The molecular weight excluding hydrogens is 341 g/mol. The summed E-state index contributed by atoms with van der Waals surface area (Å²) in [6, 6.07) is 19.3. The number of fused-ring (bicyclic) bond motifs is 2. The largest absolute Gasteiger partial charge is 0.358 e. The Morgan fingerprint density at radius 1 is 1.04 bits per heavy atom. The Balaban J connectivity index is 1.54. The fourth-order valence-corrected chi connectivity index (χ4v) is 5.04. The van der Waals surface area contributed by atoms with E-state index in [2.05, 4.69) is 59.5 Å². The molecule has 1 unspecified atom stereocenters. The van der Waals surface area contributed by atoms with Crippen molar-refractivity contribution < 1.29 is 9.30 Å². The third-order valence-electron chi connectivity index (χ3n) is 5.80. The topological polar surface area (TPSA) is 29.5 Å². The number of hydrogen-bond acceptors (Lipinski definition) is 3. The predicted octanol–water partition coefficient (Wildman–Crippen LogP) is 4.72. The molecule has 2 aliphatic rings. The van der Waals surface area contributed by atoms with Crippen molar-refractivity contribution in [3.63, 3.8) is 0 Å². The van der Waals surface area contributed by atoms with Crippen molar-refractivity contribution in [3.05, 3.63) is 71.3 Å². The molecule has 2 aromatic carbocycles. The quantitative estimate of drug-likeness (QED) is 0.731. The molecule has 4 rings (SSSR count). The zero-order valence-electron chi connectivity index (χ0n) is 15.7. The van der Waals surface area contributed by atoms with Gasteiger partial charge in [-0.15, -0.1) is 0 Å². The molecule has 0 aromatic heterocycles. The van der Waals surface area contributed by atoms with Gasteiger partial charge in [-0.05, 0) is 42.9 Å². The van der Waals surface area contributed by atoms with E-state index >= 15 is 0 Å². The summed E-state index contributed by atoms with van der Waals surface area (Å²) in [6.45, 7) is 6.73. The molecule has 0 aliphatic carbocycles. The second-order valence-corrected chi connectivity index (χ2v) is 11.7. The van der Waals surface area contributed by atoms with Gasteiger partial charge < -0.3 is 14.2 Å². The Bertz CT molecular complexity index is 806. The normalized spacial score (nSPS) is 22.5. The summed E-state index contributed by atoms with van der Waals surface area (Å²) >= 11 is 0. The number of hydrogen-bond donors (Lipinski definition) is 0. The number of piperidine rings is 1. The molecule has 1 atom stereocenters. The third kappa shape index (κ3) is 3.53. The summed E-state index contributed by atoms with van der Waals surface area (Å²) in [5.41, 5.74) is 3.75. The highest BCUT2D eigenvalue weighted by atomic mass is 31.2. The van der Waals surface area contributed by atoms with Crippen LogP contribution in [-0.2, 0) is 14.9 Å². The van der Waals surface area contributed by atoms with Crippen LogP contribution in [0.4, 0.5) is 0 Å². The molecule has 4 heteroatoms. The van der Waals surface area contributed by atoms with Gasteiger partial charge in [-0.3, -0.25) is 0 Å². The van der Waals surface area contributed by atoms with Gasteiger partial charge in [-0.25, -0.2) is 0 Å². The minimum Gasteiger partial charge on any atom is -0.358 e. The number of likely N-dealkylation sites (tertiary alicyclic amines) is 1. The van der Waals surface area contributed by atoms with Crippen molar-refractivity contribution in [2.75, 3.05) is 39.1 Å². The van der Waals surface area contributed by atoms with Gasteiger partial charge in [-0.2, -0.15) is 0 Å². The summed E-state index contributed by atoms with van der Waals surface area (Å²) in [5, 5.41) is 0. The highest BCUT2D eigenvalue weighted by molar-refractivity contribution is 7.62. The maximum absolute atomic E-state index is 12.0. The monoisotopic (exact) mass is 369 g/mol. The van der Waals surface area contributed by atoms with Crippen molar-refractivity contribution in [3.8, 4) is 0 Å². The Labute approximate surface area is 156 Å². The molecule has 0 N–H and O–H groups in total. The van der Waals surface area contributed by atoms with Crippen LogP contribution in [0.2, 0.25) is 0 Å². The maximum atomic E-state index is 12.0. The fourth-order valence-electron chi connectivity index (χ4n) is 4.28. The molecule has 1 fully saturated rings. The Kier molecular flexibility index (Phi) is 4.81. The molecule has 0 saturated carbocycles.